The van der Waals surface area contributed by atoms with Crippen molar-refractivity contribution in [2.75, 3.05) is 58.3 Å². The Bertz CT molecular complexity index is 654. The van der Waals surface area contributed by atoms with Gasteiger partial charge in [-0.1, -0.05) is 26.3 Å². The van der Waals surface area contributed by atoms with Crippen molar-refractivity contribution in [1.29, 1.82) is 0 Å². The summed E-state index contributed by atoms with van der Waals surface area (Å²) in [7, 11) is 4.09. The minimum atomic E-state index is 0. The third kappa shape index (κ3) is 6.44. The summed E-state index contributed by atoms with van der Waals surface area (Å²) in [5.41, 5.74) is 1.66. The molecular formula is C22H39IN6. The van der Waals surface area contributed by atoms with Crippen LogP contribution in [0.15, 0.2) is 23.3 Å². The van der Waals surface area contributed by atoms with Crippen molar-refractivity contribution in [3.8, 4) is 0 Å². The molecule has 7 heteroatoms. The van der Waals surface area contributed by atoms with Gasteiger partial charge in [-0.15, -0.1) is 24.0 Å². The number of aromatic nitrogens is 1. The van der Waals surface area contributed by atoms with E-state index in [-0.39, 0.29) is 24.0 Å². The molecular weight excluding hydrogens is 475 g/mol. The predicted molar refractivity (Wildman–Crippen MR) is 133 cm³/mol. The number of halogens is 1. The van der Waals surface area contributed by atoms with Gasteiger partial charge in [-0.25, -0.2) is 4.98 Å². The number of nitrogens with zero attached hydrogens (tertiary/aromatic N) is 5. The summed E-state index contributed by atoms with van der Waals surface area (Å²) in [6.07, 6.45) is 7.02. The average molecular weight is 515 g/mol. The number of hydrogen-bond acceptors (Lipinski definition) is 4. The molecule has 2 aliphatic heterocycles. The molecule has 1 atom stereocenters. The van der Waals surface area contributed by atoms with Crippen molar-refractivity contribution in [1.82, 2.24) is 20.1 Å². The van der Waals surface area contributed by atoms with Gasteiger partial charge in [-0.2, -0.15) is 0 Å². The quantitative estimate of drug-likeness (QED) is 0.371. The number of nitrogens with one attached hydrogen (secondary N) is 1. The van der Waals surface area contributed by atoms with E-state index in [1.54, 1.807) is 0 Å². The molecule has 3 heterocycles. The summed E-state index contributed by atoms with van der Waals surface area (Å²) >= 11 is 0. The summed E-state index contributed by atoms with van der Waals surface area (Å²) in [4.78, 5) is 16.5. The standard InChI is InChI=1S/C22H38N6.HI/c1-5-9-22(2)10-7-12-28(18-22)21(23-3)25-17-19-8-6-11-24-20(19)27-15-13-26(4)14-16-27;/h6,8,11H,5,7,9-10,12-18H2,1-4H3,(H,23,25);1H. The molecule has 1 N–H and O–H groups in total. The van der Waals surface area contributed by atoms with Crippen LogP contribution in [0.2, 0.25) is 0 Å². The lowest BCUT2D eigenvalue weighted by atomic mass is 9.78. The number of rotatable bonds is 5. The zero-order chi connectivity index (χ0) is 20.0. The van der Waals surface area contributed by atoms with Crippen LogP contribution in [0.3, 0.4) is 0 Å². The molecule has 1 unspecified atom stereocenters. The monoisotopic (exact) mass is 514 g/mol. The van der Waals surface area contributed by atoms with Gasteiger partial charge in [0, 0.05) is 64.6 Å². The van der Waals surface area contributed by atoms with E-state index in [2.05, 4.69) is 52.0 Å². The first-order valence-corrected chi connectivity index (χ1v) is 10.9. The molecule has 1 aromatic rings. The van der Waals surface area contributed by atoms with Crippen molar-refractivity contribution in [2.45, 2.75) is 46.1 Å². The molecule has 2 saturated heterocycles. The van der Waals surface area contributed by atoms with E-state index in [0.717, 1.165) is 57.6 Å². The van der Waals surface area contributed by atoms with Crippen LogP contribution in [0.25, 0.3) is 0 Å². The maximum absolute atomic E-state index is 4.71. The number of anilines is 1. The van der Waals surface area contributed by atoms with Crippen LogP contribution in [0, 0.1) is 5.41 Å². The van der Waals surface area contributed by atoms with Crippen LogP contribution < -0.4 is 10.2 Å². The van der Waals surface area contributed by atoms with E-state index >= 15 is 0 Å². The van der Waals surface area contributed by atoms with Crippen molar-refractivity contribution in [3.05, 3.63) is 23.9 Å². The highest BCUT2D eigenvalue weighted by Crippen LogP contribution is 2.34. The Morgan fingerprint density at radius 3 is 2.69 bits per heavy atom. The second kappa shape index (κ2) is 11.3. The molecule has 1 aromatic heterocycles. The first-order chi connectivity index (χ1) is 13.5. The van der Waals surface area contributed by atoms with Gasteiger partial charge in [0.15, 0.2) is 5.96 Å². The number of aliphatic imine (C=N–C) groups is 1. The fourth-order valence-corrected chi connectivity index (χ4v) is 4.68. The van der Waals surface area contributed by atoms with Crippen LogP contribution in [0.1, 0.15) is 45.1 Å². The van der Waals surface area contributed by atoms with Crippen molar-refractivity contribution >= 4 is 35.8 Å². The predicted octanol–water partition coefficient (Wildman–Crippen LogP) is 3.43. The Labute approximate surface area is 194 Å². The second-order valence-electron chi connectivity index (χ2n) is 8.76. The van der Waals surface area contributed by atoms with Gasteiger partial charge in [-0.05, 0) is 37.8 Å². The number of hydrogen-bond donors (Lipinski definition) is 1. The number of likely N-dealkylation sites (tertiary alicyclic amines) is 1. The van der Waals surface area contributed by atoms with Crippen LogP contribution in [0.5, 0.6) is 0 Å². The normalized spacial score (nSPS) is 23.7. The minimum Gasteiger partial charge on any atom is -0.354 e. The number of pyridine rings is 1. The highest BCUT2D eigenvalue weighted by molar-refractivity contribution is 14.0. The minimum absolute atomic E-state index is 0. The highest BCUT2D eigenvalue weighted by Gasteiger charge is 2.31. The lowest BCUT2D eigenvalue weighted by Crippen LogP contribution is -2.49. The largest absolute Gasteiger partial charge is 0.354 e. The molecule has 29 heavy (non-hydrogen) atoms. The molecule has 2 aliphatic rings. The highest BCUT2D eigenvalue weighted by atomic mass is 127. The molecule has 164 valence electrons. The maximum atomic E-state index is 4.71. The van der Waals surface area contributed by atoms with Crippen molar-refractivity contribution in [3.63, 3.8) is 0 Å². The smallest absolute Gasteiger partial charge is 0.193 e. The number of likely N-dealkylation sites (N-methyl/N-ethyl adjacent to an activating group) is 1. The molecule has 0 saturated carbocycles. The van der Waals surface area contributed by atoms with Gasteiger partial charge in [-0.3, -0.25) is 4.99 Å². The molecule has 0 aliphatic carbocycles. The summed E-state index contributed by atoms with van der Waals surface area (Å²) in [5.74, 6) is 2.14. The van der Waals surface area contributed by atoms with Gasteiger partial charge in [0.25, 0.3) is 0 Å². The Morgan fingerprint density at radius 2 is 2.00 bits per heavy atom. The van der Waals surface area contributed by atoms with Crippen molar-refractivity contribution in [2.24, 2.45) is 10.4 Å². The van der Waals surface area contributed by atoms with Gasteiger partial charge in [0.2, 0.25) is 0 Å². The number of guanidine groups is 1. The van der Waals surface area contributed by atoms with Crippen molar-refractivity contribution < 1.29 is 0 Å². The van der Waals surface area contributed by atoms with E-state index in [9.17, 15) is 0 Å². The number of piperazine rings is 1. The molecule has 3 rings (SSSR count). The van der Waals surface area contributed by atoms with Crippen LogP contribution in [-0.4, -0.2) is 74.1 Å². The molecule has 0 aromatic carbocycles. The van der Waals surface area contributed by atoms with Crippen LogP contribution in [0.4, 0.5) is 5.82 Å². The molecule has 2 fully saturated rings. The third-order valence-electron chi connectivity index (χ3n) is 6.25. The van der Waals surface area contributed by atoms with Gasteiger partial charge >= 0.3 is 0 Å². The Morgan fingerprint density at radius 1 is 1.24 bits per heavy atom. The van der Waals surface area contributed by atoms with E-state index in [1.165, 1.54) is 31.2 Å². The summed E-state index contributed by atoms with van der Waals surface area (Å²) in [6, 6.07) is 4.23. The van der Waals surface area contributed by atoms with Gasteiger partial charge < -0.3 is 20.0 Å². The Hall–Kier alpha value is -1.09. The average Bonchev–Trinajstić information content (AvgIpc) is 2.69. The molecule has 0 amide bonds. The Kier molecular flexibility index (Phi) is 9.46. The summed E-state index contributed by atoms with van der Waals surface area (Å²) in [5, 5.41) is 3.62. The van der Waals surface area contributed by atoms with E-state index in [1.807, 2.05) is 19.3 Å². The summed E-state index contributed by atoms with van der Waals surface area (Å²) in [6.45, 7) is 11.9. The van der Waals surface area contributed by atoms with E-state index < -0.39 is 0 Å². The second-order valence-corrected chi connectivity index (χ2v) is 8.76. The molecule has 0 radical (unpaired) electrons. The fraction of sp³-hybridized carbons (Fsp3) is 0.727. The topological polar surface area (TPSA) is 47.0 Å². The molecule has 0 spiro atoms. The first-order valence-electron chi connectivity index (χ1n) is 10.9. The lowest BCUT2D eigenvalue weighted by molar-refractivity contribution is 0.142. The van der Waals surface area contributed by atoms with Crippen LogP contribution in [-0.2, 0) is 6.54 Å². The van der Waals surface area contributed by atoms with Crippen LogP contribution >= 0.6 is 24.0 Å². The fourth-order valence-electron chi connectivity index (χ4n) is 4.68. The zero-order valence-electron chi connectivity index (χ0n) is 18.7. The first kappa shape index (κ1) is 24.2. The van der Waals surface area contributed by atoms with E-state index in [4.69, 9.17) is 4.98 Å². The molecule has 0 bridgehead atoms. The maximum Gasteiger partial charge on any atom is 0.193 e. The van der Waals surface area contributed by atoms with E-state index in [0.29, 0.717) is 5.41 Å². The van der Waals surface area contributed by atoms with Gasteiger partial charge in [0.1, 0.15) is 5.82 Å². The molecule has 6 nitrogen and oxygen atoms in total. The summed E-state index contributed by atoms with van der Waals surface area (Å²) < 4.78 is 0. The SMILES string of the molecule is CCCC1(C)CCCN(C(=NC)NCc2cccnc2N2CCN(C)CC2)C1.I. The third-order valence-corrected chi connectivity index (χ3v) is 6.25. The zero-order valence-corrected chi connectivity index (χ0v) is 21.0. The number of piperidine rings is 1. The lowest BCUT2D eigenvalue weighted by Gasteiger charge is -2.42. The Balaban J connectivity index is 0.00000300. The van der Waals surface area contributed by atoms with Gasteiger partial charge in [0.05, 0.1) is 0 Å².